The van der Waals surface area contributed by atoms with E-state index in [1.165, 1.54) is 60.7 Å². The lowest BCUT2D eigenvalue weighted by atomic mass is 10.2. The molecule has 2 aromatic carbocycles. The maximum absolute atomic E-state index is 13.6. The highest BCUT2D eigenvalue weighted by Crippen LogP contribution is 2.21. The van der Waals surface area contributed by atoms with E-state index < -0.39 is 11.6 Å². The van der Waals surface area contributed by atoms with Crippen LogP contribution in [0.25, 0.3) is 12.2 Å². The van der Waals surface area contributed by atoms with E-state index in [0.717, 1.165) is 0 Å². The van der Waals surface area contributed by atoms with Gasteiger partial charge in [0.15, 0.2) is 0 Å². The number of unbranched alkanes of at least 4 members (excludes halogenated alkanes) is 1. The number of carbonyl (C=O) groups excluding carboxylic acids is 2. The van der Waals surface area contributed by atoms with E-state index in [1.807, 2.05) is 0 Å². The Morgan fingerprint density at radius 3 is 1.53 bits per heavy atom. The second kappa shape index (κ2) is 12.1. The molecule has 0 radical (unpaired) electrons. The molecule has 0 heterocycles. The van der Waals surface area contributed by atoms with Crippen LogP contribution in [0.15, 0.2) is 48.6 Å². The molecule has 2 N–H and O–H groups in total. The molecule has 0 bridgehead atoms. The molecule has 0 unspecified atom stereocenters. The van der Waals surface area contributed by atoms with Gasteiger partial charge in [-0.05, 0) is 49.3 Å². The molecule has 0 aromatic heterocycles. The van der Waals surface area contributed by atoms with E-state index >= 15 is 0 Å². The average molecular weight is 453 g/mol. The Balaban J connectivity index is 1.64. The molecule has 158 valence electrons. The molecule has 0 aliphatic rings. The van der Waals surface area contributed by atoms with Crippen LogP contribution in [0.3, 0.4) is 0 Å². The van der Waals surface area contributed by atoms with Crippen LogP contribution >= 0.6 is 23.2 Å². The van der Waals surface area contributed by atoms with E-state index in [1.54, 1.807) is 0 Å². The molecule has 0 aliphatic heterocycles. The summed E-state index contributed by atoms with van der Waals surface area (Å²) in [6.07, 6.45) is 6.32. The van der Waals surface area contributed by atoms with Crippen molar-refractivity contribution in [2.24, 2.45) is 0 Å². The number of halogens is 4. The van der Waals surface area contributed by atoms with Crippen molar-refractivity contribution in [3.8, 4) is 0 Å². The van der Waals surface area contributed by atoms with Gasteiger partial charge in [-0.3, -0.25) is 9.59 Å². The monoisotopic (exact) mass is 452 g/mol. The zero-order valence-electron chi connectivity index (χ0n) is 15.9. The molecule has 0 spiro atoms. The smallest absolute Gasteiger partial charge is 0.244 e. The minimum atomic E-state index is -0.506. The van der Waals surface area contributed by atoms with Gasteiger partial charge in [0.25, 0.3) is 0 Å². The Labute approximate surface area is 183 Å². The van der Waals surface area contributed by atoms with E-state index in [0.29, 0.717) is 25.9 Å². The molecular weight excluding hydrogens is 433 g/mol. The van der Waals surface area contributed by atoms with Crippen molar-refractivity contribution in [2.45, 2.75) is 12.8 Å². The summed E-state index contributed by atoms with van der Waals surface area (Å²) >= 11 is 11.8. The van der Waals surface area contributed by atoms with Gasteiger partial charge in [-0.15, -0.1) is 0 Å². The molecule has 30 heavy (non-hydrogen) atoms. The van der Waals surface area contributed by atoms with Crippen LogP contribution < -0.4 is 10.6 Å². The summed E-state index contributed by atoms with van der Waals surface area (Å²) in [6, 6.07) is 8.57. The largest absolute Gasteiger partial charge is 0.353 e. The summed E-state index contributed by atoms with van der Waals surface area (Å²) in [7, 11) is 0. The van der Waals surface area contributed by atoms with Crippen LogP contribution in [0.4, 0.5) is 8.78 Å². The highest BCUT2D eigenvalue weighted by atomic mass is 35.5. The van der Waals surface area contributed by atoms with Crippen LogP contribution in [0.2, 0.25) is 10.0 Å². The van der Waals surface area contributed by atoms with E-state index in [9.17, 15) is 18.4 Å². The number of amides is 2. The molecule has 8 heteroatoms. The van der Waals surface area contributed by atoms with Gasteiger partial charge in [-0.1, -0.05) is 35.3 Å². The maximum Gasteiger partial charge on any atom is 0.244 e. The minimum absolute atomic E-state index is 0.154. The molecule has 0 saturated heterocycles. The van der Waals surface area contributed by atoms with Gasteiger partial charge >= 0.3 is 0 Å². The number of nitrogens with one attached hydrogen (secondary N) is 2. The van der Waals surface area contributed by atoms with Crippen LogP contribution in [-0.4, -0.2) is 24.9 Å². The SMILES string of the molecule is O=C(/C=C/c1c(F)cccc1Cl)NCCCCNC(=O)/C=C/c1c(F)cccc1Cl. The number of hydrogen-bond acceptors (Lipinski definition) is 2. The normalized spacial score (nSPS) is 11.2. The average Bonchev–Trinajstić information content (AvgIpc) is 2.70. The molecule has 2 aromatic rings. The lowest BCUT2D eigenvalue weighted by Crippen LogP contribution is -2.25. The van der Waals surface area contributed by atoms with Crippen molar-refractivity contribution in [2.75, 3.05) is 13.1 Å². The predicted molar refractivity (Wildman–Crippen MR) is 116 cm³/mol. The fourth-order valence-corrected chi connectivity index (χ4v) is 2.90. The predicted octanol–water partition coefficient (Wildman–Crippen LogP) is 5.01. The minimum Gasteiger partial charge on any atom is -0.353 e. The van der Waals surface area contributed by atoms with Crippen LogP contribution in [0.5, 0.6) is 0 Å². The maximum atomic E-state index is 13.6. The van der Waals surface area contributed by atoms with Crippen molar-refractivity contribution < 1.29 is 18.4 Å². The number of carbonyl (C=O) groups is 2. The number of hydrogen-bond donors (Lipinski definition) is 2. The van der Waals surface area contributed by atoms with E-state index in [2.05, 4.69) is 10.6 Å². The Hall–Kier alpha value is -2.70. The third kappa shape index (κ3) is 7.61. The van der Waals surface area contributed by atoms with Crippen molar-refractivity contribution in [1.82, 2.24) is 10.6 Å². The van der Waals surface area contributed by atoms with Crippen molar-refractivity contribution in [1.29, 1.82) is 0 Å². The first-order valence-corrected chi connectivity index (χ1v) is 9.94. The van der Waals surface area contributed by atoms with Gasteiger partial charge in [-0.2, -0.15) is 0 Å². The third-order valence-corrected chi connectivity index (χ3v) is 4.66. The Morgan fingerprint density at radius 2 is 1.17 bits per heavy atom. The molecule has 4 nitrogen and oxygen atoms in total. The van der Waals surface area contributed by atoms with E-state index in [4.69, 9.17) is 23.2 Å². The van der Waals surface area contributed by atoms with Crippen molar-refractivity contribution in [3.63, 3.8) is 0 Å². The number of benzene rings is 2. The number of rotatable bonds is 9. The van der Waals surface area contributed by atoms with Crippen molar-refractivity contribution >= 4 is 47.2 Å². The van der Waals surface area contributed by atoms with Gasteiger partial charge < -0.3 is 10.6 Å². The van der Waals surface area contributed by atoms with Crippen molar-refractivity contribution in [3.05, 3.63) is 81.4 Å². The molecule has 0 saturated carbocycles. The standard InChI is InChI=1S/C22H20Cl2F2N2O2/c23-17-5-3-7-19(25)15(17)9-11-21(29)27-13-1-2-14-28-22(30)12-10-16-18(24)6-4-8-20(16)26/h3-12H,1-2,13-14H2,(H,27,29)(H,28,30)/b11-9+,12-10+. The lowest BCUT2D eigenvalue weighted by Gasteiger charge is -2.04. The molecule has 2 amide bonds. The Bertz CT molecular complexity index is 844. The van der Waals surface area contributed by atoms with Crippen LogP contribution in [0.1, 0.15) is 24.0 Å². The van der Waals surface area contributed by atoms with Gasteiger partial charge in [0.05, 0.1) is 10.0 Å². The third-order valence-electron chi connectivity index (χ3n) is 4.00. The summed E-state index contributed by atoms with van der Waals surface area (Å²) in [4.78, 5) is 23.5. The second-order valence-corrected chi connectivity index (χ2v) is 7.04. The summed E-state index contributed by atoms with van der Waals surface area (Å²) in [5.74, 6) is -1.76. The Morgan fingerprint density at radius 1 is 0.767 bits per heavy atom. The summed E-state index contributed by atoms with van der Waals surface area (Å²) < 4.78 is 27.2. The van der Waals surface area contributed by atoms with Gasteiger partial charge in [0.1, 0.15) is 11.6 Å². The van der Waals surface area contributed by atoms with Crippen LogP contribution in [0, 0.1) is 11.6 Å². The first-order chi connectivity index (χ1) is 14.4. The zero-order chi connectivity index (χ0) is 21.9. The first kappa shape index (κ1) is 23.6. The topological polar surface area (TPSA) is 58.2 Å². The van der Waals surface area contributed by atoms with Gasteiger partial charge in [0, 0.05) is 36.4 Å². The first-order valence-electron chi connectivity index (χ1n) is 9.18. The van der Waals surface area contributed by atoms with Gasteiger partial charge in [0.2, 0.25) is 11.8 Å². The quantitative estimate of drug-likeness (QED) is 0.414. The van der Waals surface area contributed by atoms with Crippen LogP contribution in [-0.2, 0) is 9.59 Å². The fourth-order valence-electron chi connectivity index (χ4n) is 2.45. The molecular formula is C22H20Cl2F2N2O2. The molecule has 0 fully saturated rings. The summed E-state index contributed by atoms with van der Waals surface area (Å²) in [6.45, 7) is 0.787. The lowest BCUT2D eigenvalue weighted by molar-refractivity contribution is -0.117. The Kier molecular flexibility index (Phi) is 9.51. The van der Waals surface area contributed by atoms with Gasteiger partial charge in [-0.25, -0.2) is 8.78 Å². The second-order valence-electron chi connectivity index (χ2n) is 6.23. The summed E-state index contributed by atoms with van der Waals surface area (Å²) in [5, 5.41) is 5.78. The van der Waals surface area contributed by atoms with E-state index in [-0.39, 0.29) is 33.0 Å². The highest BCUT2D eigenvalue weighted by molar-refractivity contribution is 6.32. The molecule has 0 atom stereocenters. The summed E-state index contributed by atoms with van der Waals surface area (Å²) in [5.41, 5.74) is 0.309. The fraction of sp³-hybridized carbons (Fsp3) is 0.182. The molecule has 0 aliphatic carbocycles. The zero-order valence-corrected chi connectivity index (χ0v) is 17.4. The highest BCUT2D eigenvalue weighted by Gasteiger charge is 2.05. The molecule has 2 rings (SSSR count).